The number of likely N-dealkylation sites (N-methyl/N-ethyl adjacent to an activating group) is 1. The molecule has 0 radical (unpaired) electrons. The average Bonchev–Trinajstić information content (AvgIpc) is 3.12. The number of hydrogen-bond acceptors (Lipinski definition) is 5. The number of guanidine groups is 1. The molecule has 142 valence electrons. The van der Waals surface area contributed by atoms with Gasteiger partial charge in [0.1, 0.15) is 5.01 Å². The van der Waals surface area contributed by atoms with Crippen LogP contribution in [0.4, 0.5) is 0 Å². The van der Waals surface area contributed by atoms with Gasteiger partial charge in [-0.3, -0.25) is 4.90 Å². The summed E-state index contributed by atoms with van der Waals surface area (Å²) in [5.74, 6) is 0.884. The van der Waals surface area contributed by atoms with Crippen LogP contribution >= 0.6 is 11.3 Å². The first-order chi connectivity index (χ1) is 12.2. The van der Waals surface area contributed by atoms with Gasteiger partial charge in [-0.25, -0.2) is 9.98 Å². The van der Waals surface area contributed by atoms with Crippen LogP contribution in [0.25, 0.3) is 0 Å². The summed E-state index contributed by atoms with van der Waals surface area (Å²) in [5.41, 5.74) is 0. The maximum absolute atomic E-state index is 4.69. The van der Waals surface area contributed by atoms with E-state index in [0.29, 0.717) is 12.6 Å². The first-order valence-corrected chi connectivity index (χ1v) is 10.4. The maximum atomic E-state index is 4.69. The number of piperazine rings is 1. The van der Waals surface area contributed by atoms with Gasteiger partial charge >= 0.3 is 0 Å². The topological polar surface area (TPSA) is 55.8 Å². The Hall–Kier alpha value is -1.18. The van der Waals surface area contributed by atoms with Crippen LogP contribution in [-0.2, 0) is 13.0 Å². The molecule has 0 saturated carbocycles. The molecule has 1 aliphatic rings. The molecule has 2 heterocycles. The van der Waals surface area contributed by atoms with Crippen LogP contribution in [0.5, 0.6) is 0 Å². The molecule has 7 heteroatoms. The SMILES string of the molecule is CCNC(=NCc1ncc(CC)s1)NCC(C)N1CCN(CC)CC1. The molecule has 6 nitrogen and oxygen atoms in total. The van der Waals surface area contributed by atoms with Crippen LogP contribution in [0.15, 0.2) is 11.2 Å². The highest BCUT2D eigenvalue weighted by Gasteiger charge is 2.20. The molecule has 0 aromatic carbocycles. The van der Waals surface area contributed by atoms with Gasteiger partial charge in [0.05, 0.1) is 6.54 Å². The van der Waals surface area contributed by atoms with Crippen molar-refractivity contribution in [2.75, 3.05) is 45.8 Å². The minimum absolute atomic E-state index is 0.509. The fourth-order valence-electron chi connectivity index (χ4n) is 2.97. The molecule has 0 aliphatic carbocycles. The highest BCUT2D eigenvalue weighted by atomic mass is 32.1. The molecule has 0 spiro atoms. The fourth-order valence-corrected chi connectivity index (χ4v) is 3.75. The molecule has 1 aromatic heterocycles. The van der Waals surface area contributed by atoms with Crippen LogP contribution in [0, 0.1) is 0 Å². The summed E-state index contributed by atoms with van der Waals surface area (Å²) >= 11 is 1.76. The van der Waals surface area contributed by atoms with E-state index in [9.17, 15) is 0 Å². The molecule has 25 heavy (non-hydrogen) atoms. The van der Waals surface area contributed by atoms with Crippen molar-refractivity contribution in [1.82, 2.24) is 25.4 Å². The highest BCUT2D eigenvalue weighted by Crippen LogP contribution is 2.14. The molecule has 1 unspecified atom stereocenters. The lowest BCUT2D eigenvalue weighted by Gasteiger charge is -2.37. The molecule has 0 bridgehead atoms. The van der Waals surface area contributed by atoms with Gasteiger partial charge in [-0.1, -0.05) is 13.8 Å². The van der Waals surface area contributed by atoms with Crippen LogP contribution < -0.4 is 10.6 Å². The largest absolute Gasteiger partial charge is 0.357 e. The van der Waals surface area contributed by atoms with E-state index in [0.717, 1.165) is 50.1 Å². The van der Waals surface area contributed by atoms with Gasteiger partial charge in [0, 0.05) is 56.4 Å². The molecule has 1 aliphatic heterocycles. The number of nitrogens with zero attached hydrogens (tertiary/aromatic N) is 4. The summed E-state index contributed by atoms with van der Waals surface area (Å²) in [7, 11) is 0. The van der Waals surface area contributed by atoms with Crippen LogP contribution in [0.1, 0.15) is 37.6 Å². The molecular formula is C18H34N6S. The molecule has 2 N–H and O–H groups in total. The van der Waals surface area contributed by atoms with E-state index in [-0.39, 0.29) is 0 Å². The average molecular weight is 367 g/mol. The molecule has 0 amide bonds. The first-order valence-electron chi connectivity index (χ1n) is 9.58. The van der Waals surface area contributed by atoms with Gasteiger partial charge in [-0.05, 0) is 26.8 Å². The fraction of sp³-hybridized carbons (Fsp3) is 0.778. The third-order valence-electron chi connectivity index (χ3n) is 4.71. The molecular weight excluding hydrogens is 332 g/mol. The van der Waals surface area contributed by atoms with Crippen molar-refractivity contribution < 1.29 is 0 Å². The normalized spacial score (nSPS) is 18.3. The smallest absolute Gasteiger partial charge is 0.191 e. The highest BCUT2D eigenvalue weighted by molar-refractivity contribution is 7.11. The van der Waals surface area contributed by atoms with Crippen molar-refractivity contribution in [3.8, 4) is 0 Å². The zero-order valence-corrected chi connectivity index (χ0v) is 17.0. The van der Waals surface area contributed by atoms with Crippen molar-refractivity contribution >= 4 is 17.3 Å². The van der Waals surface area contributed by atoms with Gasteiger partial charge in [-0.2, -0.15) is 0 Å². The number of nitrogens with one attached hydrogen (secondary N) is 2. The summed E-state index contributed by atoms with van der Waals surface area (Å²) in [6, 6.07) is 0.509. The summed E-state index contributed by atoms with van der Waals surface area (Å²) in [6.45, 7) is 17.1. The second-order valence-electron chi connectivity index (χ2n) is 6.47. The zero-order valence-electron chi connectivity index (χ0n) is 16.2. The van der Waals surface area contributed by atoms with E-state index in [1.54, 1.807) is 11.3 Å². The Labute approximate surface area is 156 Å². The molecule has 1 atom stereocenters. The summed E-state index contributed by atoms with van der Waals surface area (Å²) in [4.78, 5) is 15.5. The first kappa shape index (κ1) is 20.1. The van der Waals surface area contributed by atoms with Crippen LogP contribution in [-0.4, -0.2) is 72.6 Å². The second kappa shape index (κ2) is 10.7. The lowest BCUT2D eigenvalue weighted by atomic mass is 10.2. The lowest BCUT2D eigenvalue weighted by molar-refractivity contribution is 0.107. The van der Waals surface area contributed by atoms with Crippen molar-refractivity contribution in [1.29, 1.82) is 0 Å². The Balaban J connectivity index is 1.80. The lowest BCUT2D eigenvalue weighted by Crippen LogP contribution is -2.53. The van der Waals surface area contributed by atoms with E-state index in [2.05, 4.69) is 58.1 Å². The van der Waals surface area contributed by atoms with Crippen LogP contribution in [0.3, 0.4) is 0 Å². The molecule has 2 rings (SSSR count). The number of rotatable bonds is 8. The number of hydrogen-bond donors (Lipinski definition) is 2. The maximum Gasteiger partial charge on any atom is 0.191 e. The van der Waals surface area contributed by atoms with Crippen molar-refractivity contribution in [3.05, 3.63) is 16.1 Å². The second-order valence-corrected chi connectivity index (χ2v) is 7.67. The molecule has 1 fully saturated rings. The van der Waals surface area contributed by atoms with Gasteiger partial charge in [0.15, 0.2) is 5.96 Å². The summed E-state index contributed by atoms with van der Waals surface area (Å²) in [6.07, 6.45) is 3.01. The number of thiazole rings is 1. The Bertz CT molecular complexity index is 521. The quantitative estimate of drug-likeness (QED) is 0.543. The number of aryl methyl sites for hydroxylation is 1. The standard InChI is InChI=1S/C18H34N6S/c1-5-16-13-20-17(25-16)14-22-18(19-6-2)21-12-15(4)24-10-8-23(7-3)9-11-24/h13,15H,5-12,14H2,1-4H3,(H2,19,21,22). The van der Waals surface area contributed by atoms with Crippen molar-refractivity contribution in [2.45, 2.75) is 46.7 Å². The van der Waals surface area contributed by atoms with E-state index in [1.165, 1.54) is 18.0 Å². The summed E-state index contributed by atoms with van der Waals surface area (Å²) < 4.78 is 0. The van der Waals surface area contributed by atoms with Crippen molar-refractivity contribution in [3.63, 3.8) is 0 Å². The van der Waals surface area contributed by atoms with E-state index in [1.807, 2.05) is 6.20 Å². The predicted molar refractivity (Wildman–Crippen MR) is 107 cm³/mol. The Kier molecular flexibility index (Phi) is 8.64. The predicted octanol–water partition coefficient (Wildman–Crippen LogP) is 1.79. The van der Waals surface area contributed by atoms with E-state index < -0.39 is 0 Å². The minimum atomic E-state index is 0.509. The Morgan fingerprint density at radius 2 is 2.00 bits per heavy atom. The third-order valence-corrected chi connectivity index (χ3v) is 5.84. The van der Waals surface area contributed by atoms with E-state index >= 15 is 0 Å². The monoisotopic (exact) mass is 366 g/mol. The number of aliphatic imine (C=N–C) groups is 1. The van der Waals surface area contributed by atoms with Gasteiger partial charge in [0.25, 0.3) is 0 Å². The van der Waals surface area contributed by atoms with Gasteiger partial charge < -0.3 is 15.5 Å². The van der Waals surface area contributed by atoms with Crippen molar-refractivity contribution in [2.24, 2.45) is 4.99 Å². The van der Waals surface area contributed by atoms with E-state index in [4.69, 9.17) is 0 Å². The Morgan fingerprint density at radius 3 is 2.60 bits per heavy atom. The Morgan fingerprint density at radius 1 is 1.24 bits per heavy atom. The summed E-state index contributed by atoms with van der Waals surface area (Å²) in [5, 5.41) is 7.91. The van der Waals surface area contributed by atoms with Crippen LogP contribution in [0.2, 0.25) is 0 Å². The molecule has 1 aromatic rings. The number of aromatic nitrogens is 1. The van der Waals surface area contributed by atoms with Gasteiger partial charge in [0.2, 0.25) is 0 Å². The third kappa shape index (κ3) is 6.56. The zero-order chi connectivity index (χ0) is 18.1. The molecule has 1 saturated heterocycles. The minimum Gasteiger partial charge on any atom is -0.357 e. The van der Waals surface area contributed by atoms with Gasteiger partial charge in [-0.15, -0.1) is 11.3 Å².